The minimum Gasteiger partial charge on any atom is -0.363 e. The minimum atomic E-state index is -0.447. The second kappa shape index (κ2) is 7.24. The van der Waals surface area contributed by atoms with E-state index >= 15 is 0 Å². The van der Waals surface area contributed by atoms with Crippen molar-refractivity contribution in [2.75, 3.05) is 25.5 Å². The molecule has 0 spiro atoms. The van der Waals surface area contributed by atoms with E-state index in [-0.39, 0.29) is 5.91 Å². The van der Waals surface area contributed by atoms with Crippen LogP contribution in [0.5, 0.6) is 0 Å². The number of carbonyl (C=O) groups is 1. The number of nitrogens with one attached hydrogen (secondary N) is 1. The minimum absolute atomic E-state index is 0.0293. The molecule has 0 saturated carbocycles. The van der Waals surface area contributed by atoms with Crippen LogP contribution >= 0.6 is 0 Å². The SMILES string of the molecule is CCC(CC)(CN)C(=O)NCc1ccc(N(C)C)nc1. The van der Waals surface area contributed by atoms with E-state index in [2.05, 4.69) is 10.3 Å². The monoisotopic (exact) mass is 278 g/mol. The number of nitrogens with zero attached hydrogens (tertiary/aromatic N) is 2. The van der Waals surface area contributed by atoms with Gasteiger partial charge in [0.15, 0.2) is 0 Å². The molecule has 112 valence electrons. The fourth-order valence-corrected chi connectivity index (χ4v) is 2.11. The summed E-state index contributed by atoms with van der Waals surface area (Å²) in [6, 6.07) is 3.92. The maximum Gasteiger partial charge on any atom is 0.227 e. The Labute approximate surface area is 121 Å². The van der Waals surface area contributed by atoms with Crippen LogP contribution in [0.3, 0.4) is 0 Å². The van der Waals surface area contributed by atoms with E-state index in [9.17, 15) is 4.79 Å². The quantitative estimate of drug-likeness (QED) is 0.793. The van der Waals surface area contributed by atoms with Crippen molar-refractivity contribution in [3.05, 3.63) is 23.9 Å². The highest BCUT2D eigenvalue weighted by Crippen LogP contribution is 2.25. The van der Waals surface area contributed by atoms with E-state index in [0.717, 1.165) is 24.2 Å². The second-order valence-corrected chi connectivity index (χ2v) is 5.29. The molecule has 0 aliphatic rings. The normalized spacial score (nSPS) is 11.2. The standard InChI is InChI=1S/C15H26N4O/c1-5-15(6-2,11-16)14(20)18-10-12-7-8-13(17-9-12)19(3)4/h7-9H,5-6,10-11,16H2,1-4H3,(H,18,20). The number of hydrogen-bond donors (Lipinski definition) is 2. The van der Waals surface area contributed by atoms with Crippen LogP contribution in [0.4, 0.5) is 5.82 Å². The van der Waals surface area contributed by atoms with Gasteiger partial charge in [-0.2, -0.15) is 0 Å². The average molecular weight is 278 g/mol. The van der Waals surface area contributed by atoms with Gasteiger partial charge in [0.1, 0.15) is 5.82 Å². The summed E-state index contributed by atoms with van der Waals surface area (Å²) < 4.78 is 0. The summed E-state index contributed by atoms with van der Waals surface area (Å²) in [6.07, 6.45) is 3.30. The molecule has 0 saturated heterocycles. The molecule has 1 aromatic rings. The molecule has 5 nitrogen and oxygen atoms in total. The van der Waals surface area contributed by atoms with E-state index in [4.69, 9.17) is 5.73 Å². The predicted octanol–water partition coefficient (Wildman–Crippen LogP) is 1.53. The summed E-state index contributed by atoms with van der Waals surface area (Å²) in [4.78, 5) is 18.6. The van der Waals surface area contributed by atoms with Gasteiger partial charge in [0.2, 0.25) is 5.91 Å². The molecule has 0 aliphatic heterocycles. The Kier molecular flexibility index (Phi) is 5.95. The average Bonchev–Trinajstić information content (AvgIpc) is 2.48. The van der Waals surface area contributed by atoms with Crippen LogP contribution in [-0.4, -0.2) is 31.5 Å². The molecular weight excluding hydrogens is 252 g/mol. The smallest absolute Gasteiger partial charge is 0.227 e. The van der Waals surface area contributed by atoms with Crippen molar-refractivity contribution in [3.8, 4) is 0 Å². The Balaban J connectivity index is 2.64. The third-order valence-corrected chi connectivity index (χ3v) is 3.95. The predicted molar refractivity (Wildman–Crippen MR) is 82.5 cm³/mol. The first-order chi connectivity index (χ1) is 9.49. The molecule has 0 unspecified atom stereocenters. The number of pyridine rings is 1. The molecule has 0 fully saturated rings. The van der Waals surface area contributed by atoms with Gasteiger partial charge in [-0.05, 0) is 24.5 Å². The van der Waals surface area contributed by atoms with Gasteiger partial charge >= 0.3 is 0 Å². The summed E-state index contributed by atoms with van der Waals surface area (Å²) >= 11 is 0. The maximum atomic E-state index is 12.3. The van der Waals surface area contributed by atoms with Crippen molar-refractivity contribution < 1.29 is 4.79 Å². The number of rotatable bonds is 7. The largest absolute Gasteiger partial charge is 0.363 e. The van der Waals surface area contributed by atoms with Gasteiger partial charge < -0.3 is 16.0 Å². The Morgan fingerprint density at radius 2 is 2.00 bits per heavy atom. The first-order valence-electron chi connectivity index (χ1n) is 7.09. The molecule has 1 amide bonds. The lowest BCUT2D eigenvalue weighted by Gasteiger charge is -2.28. The molecule has 0 aromatic carbocycles. The summed E-state index contributed by atoms with van der Waals surface area (Å²) in [6.45, 7) is 4.87. The molecule has 5 heteroatoms. The number of carbonyl (C=O) groups excluding carboxylic acids is 1. The van der Waals surface area contributed by atoms with E-state index in [1.165, 1.54) is 0 Å². The first kappa shape index (κ1) is 16.4. The summed E-state index contributed by atoms with van der Waals surface area (Å²) in [5.74, 6) is 0.931. The van der Waals surface area contributed by atoms with Gasteiger partial charge in [-0.1, -0.05) is 19.9 Å². The zero-order chi connectivity index (χ0) is 15.2. The number of anilines is 1. The molecule has 1 rings (SSSR count). The topological polar surface area (TPSA) is 71.2 Å². The third kappa shape index (κ3) is 3.70. The van der Waals surface area contributed by atoms with E-state index in [1.807, 2.05) is 45.0 Å². The molecule has 0 atom stereocenters. The molecule has 0 aliphatic carbocycles. The third-order valence-electron chi connectivity index (χ3n) is 3.95. The van der Waals surface area contributed by atoms with Crippen LogP contribution < -0.4 is 16.0 Å². The fraction of sp³-hybridized carbons (Fsp3) is 0.600. The summed E-state index contributed by atoms with van der Waals surface area (Å²) in [7, 11) is 3.89. The van der Waals surface area contributed by atoms with E-state index in [1.54, 1.807) is 6.20 Å². The lowest BCUT2D eigenvalue weighted by Crippen LogP contribution is -2.45. The Bertz CT molecular complexity index is 416. The van der Waals surface area contributed by atoms with E-state index < -0.39 is 5.41 Å². The van der Waals surface area contributed by atoms with Gasteiger partial charge in [0, 0.05) is 33.4 Å². The van der Waals surface area contributed by atoms with Gasteiger partial charge in [-0.3, -0.25) is 4.79 Å². The highest BCUT2D eigenvalue weighted by atomic mass is 16.2. The molecule has 1 heterocycles. The Hall–Kier alpha value is -1.62. The van der Waals surface area contributed by atoms with Gasteiger partial charge in [0.25, 0.3) is 0 Å². The summed E-state index contributed by atoms with van der Waals surface area (Å²) in [5.41, 5.74) is 6.31. The molecule has 0 bridgehead atoms. The van der Waals surface area contributed by atoms with Gasteiger partial charge in [-0.15, -0.1) is 0 Å². The van der Waals surface area contributed by atoms with Crippen LogP contribution in [0.1, 0.15) is 32.3 Å². The highest BCUT2D eigenvalue weighted by Gasteiger charge is 2.32. The first-order valence-corrected chi connectivity index (χ1v) is 7.09. The molecule has 1 aromatic heterocycles. The maximum absolute atomic E-state index is 12.3. The summed E-state index contributed by atoms with van der Waals surface area (Å²) in [5, 5.41) is 2.97. The van der Waals surface area contributed by atoms with Crippen molar-refractivity contribution in [2.45, 2.75) is 33.2 Å². The number of aromatic nitrogens is 1. The van der Waals surface area contributed by atoms with Crippen molar-refractivity contribution in [2.24, 2.45) is 11.1 Å². The Morgan fingerprint density at radius 3 is 2.40 bits per heavy atom. The lowest BCUT2D eigenvalue weighted by molar-refractivity contribution is -0.131. The zero-order valence-electron chi connectivity index (χ0n) is 12.9. The van der Waals surface area contributed by atoms with E-state index in [0.29, 0.717) is 13.1 Å². The number of hydrogen-bond acceptors (Lipinski definition) is 4. The van der Waals surface area contributed by atoms with Crippen molar-refractivity contribution >= 4 is 11.7 Å². The molecule has 0 radical (unpaired) electrons. The Morgan fingerprint density at radius 1 is 1.35 bits per heavy atom. The molecule has 20 heavy (non-hydrogen) atoms. The van der Waals surface area contributed by atoms with Gasteiger partial charge in [0.05, 0.1) is 5.41 Å². The van der Waals surface area contributed by atoms with Crippen LogP contribution in [-0.2, 0) is 11.3 Å². The van der Waals surface area contributed by atoms with Gasteiger partial charge in [-0.25, -0.2) is 4.98 Å². The van der Waals surface area contributed by atoms with Crippen molar-refractivity contribution in [1.29, 1.82) is 0 Å². The lowest BCUT2D eigenvalue weighted by atomic mass is 9.81. The number of amides is 1. The second-order valence-electron chi connectivity index (χ2n) is 5.29. The zero-order valence-corrected chi connectivity index (χ0v) is 12.9. The van der Waals surface area contributed by atoms with Crippen LogP contribution in [0, 0.1) is 5.41 Å². The van der Waals surface area contributed by atoms with Crippen molar-refractivity contribution in [3.63, 3.8) is 0 Å². The molecular formula is C15H26N4O. The number of nitrogens with two attached hydrogens (primary N) is 1. The highest BCUT2D eigenvalue weighted by molar-refractivity contribution is 5.82. The van der Waals surface area contributed by atoms with Crippen LogP contribution in [0.15, 0.2) is 18.3 Å². The van der Waals surface area contributed by atoms with Crippen molar-refractivity contribution in [1.82, 2.24) is 10.3 Å². The van der Waals surface area contributed by atoms with Crippen LogP contribution in [0.25, 0.3) is 0 Å². The fourth-order valence-electron chi connectivity index (χ4n) is 2.11. The van der Waals surface area contributed by atoms with Crippen LogP contribution in [0.2, 0.25) is 0 Å². The molecule has 3 N–H and O–H groups in total.